The molecule has 0 heterocycles. The average molecular weight is 329 g/mol. The van der Waals surface area contributed by atoms with Crippen molar-refractivity contribution < 1.29 is 9.31 Å². The normalized spacial score (nSPS) is 11.9. The first kappa shape index (κ1) is 18.4. The number of halogens is 1. The van der Waals surface area contributed by atoms with Crippen molar-refractivity contribution in [2.24, 2.45) is 5.92 Å². The molecule has 0 aromatic rings. The largest absolute Gasteiger partial charge is 0.471 e. The van der Waals surface area contributed by atoms with Crippen LogP contribution >= 0.6 is 15.9 Å². The summed E-state index contributed by atoms with van der Waals surface area (Å²) >= 11 is 3.48. The standard InChI is InChI=1S/C13H22BBrN2O2/c1-3-5-7-18-14(19-8-6-4-2)13(15)9-12(10-16)11-17/h12-13H,3-9H2,1-2H3. The van der Waals surface area contributed by atoms with Crippen LogP contribution in [0.15, 0.2) is 0 Å². The minimum absolute atomic E-state index is 0.134. The molecule has 19 heavy (non-hydrogen) atoms. The molecule has 0 fully saturated rings. The summed E-state index contributed by atoms with van der Waals surface area (Å²) in [6, 6.07) is 3.94. The average Bonchev–Trinajstić information content (AvgIpc) is 2.43. The van der Waals surface area contributed by atoms with Gasteiger partial charge in [-0.3, -0.25) is 0 Å². The topological polar surface area (TPSA) is 66.0 Å². The van der Waals surface area contributed by atoms with Gasteiger partial charge in [-0.15, -0.1) is 0 Å². The minimum atomic E-state index is -0.628. The Hall–Kier alpha value is -0.555. The van der Waals surface area contributed by atoms with Crippen LogP contribution in [0.2, 0.25) is 0 Å². The van der Waals surface area contributed by atoms with E-state index in [1.807, 2.05) is 12.1 Å². The van der Waals surface area contributed by atoms with Crippen molar-refractivity contribution in [2.45, 2.75) is 50.7 Å². The maximum absolute atomic E-state index is 8.81. The molecule has 0 saturated carbocycles. The van der Waals surface area contributed by atoms with Gasteiger partial charge < -0.3 is 9.31 Å². The molecule has 0 aliphatic carbocycles. The van der Waals surface area contributed by atoms with Crippen LogP contribution in [0.3, 0.4) is 0 Å². The molecule has 0 radical (unpaired) electrons. The van der Waals surface area contributed by atoms with Crippen LogP contribution in [-0.2, 0) is 9.31 Å². The quantitative estimate of drug-likeness (QED) is 0.331. The molecule has 0 saturated heterocycles. The van der Waals surface area contributed by atoms with Crippen LogP contribution in [0.25, 0.3) is 0 Å². The summed E-state index contributed by atoms with van der Waals surface area (Å²) in [6.45, 7) is 5.48. The molecule has 0 amide bonds. The van der Waals surface area contributed by atoms with Crippen molar-refractivity contribution in [1.82, 2.24) is 0 Å². The van der Waals surface area contributed by atoms with Crippen molar-refractivity contribution in [3.05, 3.63) is 0 Å². The third-order valence-corrected chi connectivity index (χ3v) is 3.43. The zero-order valence-corrected chi connectivity index (χ0v) is 13.4. The second kappa shape index (κ2) is 12.5. The van der Waals surface area contributed by atoms with Gasteiger partial charge in [-0.1, -0.05) is 42.6 Å². The van der Waals surface area contributed by atoms with Gasteiger partial charge in [-0.25, -0.2) is 0 Å². The maximum atomic E-state index is 8.81. The smallest absolute Gasteiger partial charge is 0.410 e. The highest BCUT2D eigenvalue weighted by Crippen LogP contribution is 2.18. The van der Waals surface area contributed by atoms with E-state index in [2.05, 4.69) is 29.8 Å². The lowest BCUT2D eigenvalue weighted by molar-refractivity contribution is 0.189. The van der Waals surface area contributed by atoms with Gasteiger partial charge in [0.25, 0.3) is 0 Å². The van der Waals surface area contributed by atoms with Gasteiger partial charge in [0.1, 0.15) is 5.92 Å². The lowest BCUT2D eigenvalue weighted by atomic mass is 9.79. The van der Waals surface area contributed by atoms with E-state index in [1.165, 1.54) is 0 Å². The van der Waals surface area contributed by atoms with Crippen LogP contribution in [0.5, 0.6) is 0 Å². The van der Waals surface area contributed by atoms with E-state index in [9.17, 15) is 0 Å². The van der Waals surface area contributed by atoms with Crippen molar-refractivity contribution in [2.75, 3.05) is 13.2 Å². The van der Waals surface area contributed by atoms with Gasteiger partial charge >= 0.3 is 7.12 Å². The monoisotopic (exact) mass is 328 g/mol. The first-order valence-corrected chi connectivity index (χ1v) is 7.77. The Bertz CT molecular complexity index is 280. The van der Waals surface area contributed by atoms with Crippen molar-refractivity contribution in [3.8, 4) is 12.1 Å². The first-order valence-electron chi connectivity index (χ1n) is 6.86. The van der Waals surface area contributed by atoms with Crippen LogP contribution in [0.1, 0.15) is 46.0 Å². The molecule has 106 valence electrons. The Morgan fingerprint density at radius 1 is 1.05 bits per heavy atom. The lowest BCUT2D eigenvalue weighted by Gasteiger charge is -2.19. The number of rotatable bonds is 11. The highest BCUT2D eigenvalue weighted by atomic mass is 79.9. The molecule has 0 aliphatic rings. The van der Waals surface area contributed by atoms with Gasteiger partial charge in [0, 0.05) is 13.2 Å². The third-order valence-electron chi connectivity index (χ3n) is 2.63. The number of hydrogen-bond donors (Lipinski definition) is 0. The predicted molar refractivity (Wildman–Crippen MR) is 79.5 cm³/mol. The summed E-state index contributed by atoms with van der Waals surface area (Å²) in [4.78, 5) is 0. The number of nitrogens with zero attached hydrogens (tertiary/aromatic N) is 2. The predicted octanol–water partition coefficient (Wildman–Crippen LogP) is 3.46. The molecule has 0 aliphatic heterocycles. The summed E-state index contributed by atoms with van der Waals surface area (Å²) in [5.74, 6) is -0.628. The molecule has 0 rings (SSSR count). The van der Waals surface area contributed by atoms with Gasteiger partial charge in [0.2, 0.25) is 0 Å². The van der Waals surface area contributed by atoms with Crippen molar-refractivity contribution in [3.63, 3.8) is 0 Å². The van der Waals surface area contributed by atoms with E-state index in [-0.39, 0.29) is 11.8 Å². The second-order valence-corrected chi connectivity index (χ2v) is 5.56. The van der Waals surface area contributed by atoms with E-state index in [0.717, 1.165) is 25.7 Å². The van der Waals surface area contributed by atoms with E-state index >= 15 is 0 Å². The van der Waals surface area contributed by atoms with Gasteiger partial charge in [0.05, 0.1) is 16.9 Å². The molecule has 0 aromatic carbocycles. The van der Waals surface area contributed by atoms with E-state index in [4.69, 9.17) is 19.8 Å². The fourth-order valence-corrected chi connectivity index (χ4v) is 2.09. The molecule has 0 spiro atoms. The fourth-order valence-electron chi connectivity index (χ4n) is 1.42. The molecule has 1 atom stereocenters. The molecular formula is C13H22BBrN2O2. The number of alkyl halides is 1. The Labute approximate surface area is 125 Å². The van der Waals surface area contributed by atoms with Gasteiger partial charge in [-0.05, 0) is 19.3 Å². The highest BCUT2D eigenvalue weighted by molar-refractivity contribution is 9.10. The maximum Gasteiger partial charge on any atom is 0.471 e. The van der Waals surface area contributed by atoms with Crippen LogP contribution in [-0.4, -0.2) is 25.1 Å². The van der Waals surface area contributed by atoms with Crippen LogP contribution in [0, 0.1) is 28.6 Å². The van der Waals surface area contributed by atoms with Crippen molar-refractivity contribution in [1.29, 1.82) is 10.5 Å². The minimum Gasteiger partial charge on any atom is -0.410 e. The van der Waals surface area contributed by atoms with E-state index < -0.39 is 5.92 Å². The van der Waals surface area contributed by atoms with Crippen LogP contribution in [0.4, 0.5) is 0 Å². The molecule has 4 nitrogen and oxygen atoms in total. The molecular weight excluding hydrogens is 307 g/mol. The third kappa shape index (κ3) is 9.05. The Kier molecular flexibility index (Phi) is 12.1. The molecule has 6 heteroatoms. The zero-order chi connectivity index (χ0) is 14.5. The van der Waals surface area contributed by atoms with E-state index in [1.54, 1.807) is 0 Å². The number of unbranched alkanes of at least 4 members (excludes halogenated alkanes) is 2. The zero-order valence-electron chi connectivity index (χ0n) is 11.8. The molecule has 0 aromatic heterocycles. The Morgan fingerprint density at radius 2 is 1.53 bits per heavy atom. The SMILES string of the molecule is CCCCOB(OCCCC)C(Br)CC(C#N)C#N. The van der Waals surface area contributed by atoms with Crippen LogP contribution < -0.4 is 0 Å². The van der Waals surface area contributed by atoms with Crippen molar-refractivity contribution >= 4 is 23.0 Å². The van der Waals surface area contributed by atoms with Gasteiger partial charge in [-0.2, -0.15) is 10.5 Å². The summed E-state index contributed by atoms with van der Waals surface area (Å²) < 4.78 is 11.3. The molecule has 0 N–H and O–H groups in total. The summed E-state index contributed by atoms with van der Waals surface area (Å²) in [6.07, 6.45) is 4.50. The number of nitriles is 2. The summed E-state index contributed by atoms with van der Waals surface area (Å²) in [5, 5.41) is 17.6. The lowest BCUT2D eigenvalue weighted by Crippen LogP contribution is -2.35. The Morgan fingerprint density at radius 3 is 1.89 bits per heavy atom. The molecule has 0 bridgehead atoms. The van der Waals surface area contributed by atoms with E-state index in [0.29, 0.717) is 19.6 Å². The Balaban J connectivity index is 4.27. The molecule has 1 unspecified atom stereocenters. The first-order chi connectivity index (χ1) is 9.19. The van der Waals surface area contributed by atoms with Gasteiger partial charge in [0.15, 0.2) is 0 Å². The summed E-state index contributed by atoms with van der Waals surface area (Å²) in [5.41, 5.74) is 0. The highest BCUT2D eigenvalue weighted by Gasteiger charge is 2.30. The fraction of sp³-hybridized carbons (Fsp3) is 0.846. The second-order valence-electron chi connectivity index (χ2n) is 4.38. The summed E-state index contributed by atoms with van der Waals surface area (Å²) in [7, 11) is -0.387. The number of hydrogen-bond acceptors (Lipinski definition) is 4.